The van der Waals surface area contributed by atoms with Crippen LogP contribution in [-0.2, 0) is 4.79 Å². The van der Waals surface area contributed by atoms with Crippen molar-refractivity contribution >= 4 is 5.91 Å². The quantitative estimate of drug-likeness (QED) is 0.521. The Balaban J connectivity index is 0.000000183. The summed E-state index contributed by atoms with van der Waals surface area (Å²) in [6.07, 6.45) is 1.40. The molecule has 1 amide bonds. The zero-order valence-corrected chi connectivity index (χ0v) is 6.11. The summed E-state index contributed by atoms with van der Waals surface area (Å²) in [7, 11) is 0. The molecular weight excluding hydrogens is 146 g/mol. The topological polar surface area (TPSA) is 97.6 Å². The maximum atomic E-state index is 9.82. The van der Waals surface area contributed by atoms with Gasteiger partial charge in [-0.25, -0.2) is 5.10 Å². The number of hydrogen-bond acceptors (Lipinski definition) is 4. The molecule has 0 aliphatic heterocycles. The Morgan fingerprint density at radius 2 is 2.27 bits per heavy atom. The third-order valence-corrected chi connectivity index (χ3v) is 0.690. The molecule has 0 saturated heterocycles. The lowest BCUT2D eigenvalue weighted by atomic mass is 10.3. The van der Waals surface area contributed by atoms with Crippen molar-refractivity contribution in [2.45, 2.75) is 6.92 Å². The molecule has 1 aromatic heterocycles. The van der Waals surface area contributed by atoms with E-state index in [-0.39, 0.29) is 0 Å². The SMILES string of the molecule is C=C(C)C(N)=O.c1nnn[nH]1. The molecule has 0 spiro atoms. The molecule has 0 atom stereocenters. The smallest absolute Gasteiger partial charge is 0.243 e. The molecule has 0 aromatic carbocycles. The van der Waals surface area contributed by atoms with Gasteiger partial charge in [0.25, 0.3) is 0 Å². The summed E-state index contributed by atoms with van der Waals surface area (Å²) in [6, 6.07) is 0. The summed E-state index contributed by atoms with van der Waals surface area (Å²) in [4.78, 5) is 9.82. The van der Waals surface area contributed by atoms with E-state index in [1.807, 2.05) is 0 Å². The highest BCUT2D eigenvalue weighted by Crippen LogP contribution is 1.78. The van der Waals surface area contributed by atoms with Crippen molar-refractivity contribution in [3.8, 4) is 0 Å². The molecule has 0 fully saturated rings. The van der Waals surface area contributed by atoms with E-state index >= 15 is 0 Å². The molecule has 60 valence electrons. The fourth-order valence-electron chi connectivity index (χ4n) is 0.129. The second-order valence-electron chi connectivity index (χ2n) is 1.71. The van der Waals surface area contributed by atoms with Gasteiger partial charge in [-0.15, -0.1) is 5.10 Å². The number of tetrazole rings is 1. The van der Waals surface area contributed by atoms with Crippen molar-refractivity contribution in [3.63, 3.8) is 0 Å². The molecule has 6 nitrogen and oxygen atoms in total. The average molecular weight is 155 g/mol. The van der Waals surface area contributed by atoms with E-state index in [0.29, 0.717) is 5.57 Å². The largest absolute Gasteiger partial charge is 0.366 e. The minimum absolute atomic E-state index is 0.398. The Morgan fingerprint density at radius 3 is 2.36 bits per heavy atom. The first kappa shape index (κ1) is 9.28. The number of H-pyrrole nitrogens is 1. The Labute approximate surface area is 63.5 Å². The zero-order valence-electron chi connectivity index (χ0n) is 6.11. The van der Waals surface area contributed by atoms with Gasteiger partial charge in [-0.1, -0.05) is 6.58 Å². The minimum Gasteiger partial charge on any atom is -0.366 e. The van der Waals surface area contributed by atoms with E-state index < -0.39 is 5.91 Å². The van der Waals surface area contributed by atoms with Gasteiger partial charge >= 0.3 is 0 Å². The summed E-state index contributed by atoms with van der Waals surface area (Å²) < 4.78 is 0. The Morgan fingerprint density at radius 1 is 1.73 bits per heavy atom. The predicted octanol–water partition coefficient (Wildman–Crippen LogP) is -0.753. The maximum absolute atomic E-state index is 9.82. The fraction of sp³-hybridized carbons (Fsp3) is 0.200. The van der Waals surface area contributed by atoms with Crippen molar-refractivity contribution < 1.29 is 4.79 Å². The molecule has 1 rings (SSSR count). The number of aromatic nitrogens is 4. The fourth-order valence-corrected chi connectivity index (χ4v) is 0.129. The second-order valence-corrected chi connectivity index (χ2v) is 1.71. The van der Waals surface area contributed by atoms with Crippen molar-refractivity contribution in [1.82, 2.24) is 20.6 Å². The lowest BCUT2D eigenvalue weighted by Crippen LogP contribution is -2.10. The van der Waals surface area contributed by atoms with Gasteiger partial charge in [0.15, 0.2) is 0 Å². The number of rotatable bonds is 1. The average Bonchev–Trinajstić information content (AvgIpc) is 2.41. The molecule has 1 aromatic rings. The third kappa shape index (κ3) is 6.16. The van der Waals surface area contributed by atoms with Gasteiger partial charge in [-0.05, 0) is 17.4 Å². The third-order valence-electron chi connectivity index (χ3n) is 0.690. The van der Waals surface area contributed by atoms with Crippen molar-refractivity contribution in [2.75, 3.05) is 0 Å². The highest BCUT2D eigenvalue weighted by atomic mass is 16.1. The standard InChI is InChI=1S/C4H7NO.CH2N4/c1-3(2)4(5)6;1-2-4-5-3-1/h1H2,2H3,(H2,5,6);1H,(H,2,3,4,5). The van der Waals surface area contributed by atoms with Crippen LogP contribution in [0.25, 0.3) is 0 Å². The normalized spacial score (nSPS) is 7.73. The van der Waals surface area contributed by atoms with Crippen molar-refractivity contribution in [1.29, 1.82) is 0 Å². The van der Waals surface area contributed by atoms with Gasteiger partial charge in [0, 0.05) is 5.57 Å². The molecule has 6 heteroatoms. The number of nitrogens with two attached hydrogens (primary N) is 1. The summed E-state index contributed by atoms with van der Waals surface area (Å²) >= 11 is 0. The number of nitrogens with zero attached hydrogens (tertiary/aromatic N) is 3. The molecule has 0 aliphatic carbocycles. The first-order valence-corrected chi connectivity index (χ1v) is 2.77. The second kappa shape index (κ2) is 5.10. The van der Waals surface area contributed by atoms with Crippen LogP contribution in [0.15, 0.2) is 18.5 Å². The Hall–Kier alpha value is -1.72. The molecule has 0 saturated carbocycles. The van der Waals surface area contributed by atoms with Crippen LogP contribution in [0.5, 0.6) is 0 Å². The van der Waals surface area contributed by atoms with Crippen molar-refractivity contribution in [2.24, 2.45) is 5.73 Å². The van der Waals surface area contributed by atoms with Crippen molar-refractivity contribution in [3.05, 3.63) is 18.5 Å². The molecule has 0 bridgehead atoms. The van der Waals surface area contributed by atoms with E-state index in [1.54, 1.807) is 6.92 Å². The molecule has 11 heavy (non-hydrogen) atoms. The van der Waals surface area contributed by atoms with E-state index in [0.717, 1.165) is 0 Å². The Kier molecular flexibility index (Phi) is 4.30. The molecule has 0 radical (unpaired) electrons. The number of amides is 1. The number of carbonyl (C=O) groups excluding carboxylic acids is 1. The lowest BCUT2D eigenvalue weighted by Gasteiger charge is -1.81. The minimum atomic E-state index is -0.435. The van der Waals surface area contributed by atoms with E-state index in [4.69, 9.17) is 5.73 Å². The number of aromatic amines is 1. The van der Waals surface area contributed by atoms with E-state index in [1.165, 1.54) is 6.33 Å². The summed E-state index contributed by atoms with van der Waals surface area (Å²) in [5.41, 5.74) is 5.09. The number of nitrogens with one attached hydrogen (secondary N) is 1. The van der Waals surface area contributed by atoms with Crippen LogP contribution in [0.1, 0.15) is 6.92 Å². The number of hydrogen-bond donors (Lipinski definition) is 2. The molecule has 1 heterocycles. The molecule has 3 N–H and O–H groups in total. The maximum Gasteiger partial charge on any atom is 0.243 e. The zero-order chi connectivity index (χ0) is 8.69. The van der Waals surface area contributed by atoms with Crippen LogP contribution < -0.4 is 5.73 Å². The predicted molar refractivity (Wildman–Crippen MR) is 38.2 cm³/mol. The van der Waals surface area contributed by atoms with Crippen LogP contribution in [-0.4, -0.2) is 26.5 Å². The van der Waals surface area contributed by atoms with Gasteiger partial charge in [-0.3, -0.25) is 4.79 Å². The molecular formula is C5H9N5O. The first-order valence-electron chi connectivity index (χ1n) is 2.77. The van der Waals surface area contributed by atoms with Crippen LogP contribution in [0, 0.1) is 0 Å². The molecule has 0 aliphatic rings. The molecule has 0 unspecified atom stereocenters. The van der Waals surface area contributed by atoms with Gasteiger partial charge in [-0.2, -0.15) is 0 Å². The van der Waals surface area contributed by atoms with E-state index in [9.17, 15) is 4.79 Å². The highest BCUT2D eigenvalue weighted by molar-refractivity contribution is 5.90. The van der Waals surface area contributed by atoms with Gasteiger partial charge in [0.05, 0.1) is 0 Å². The van der Waals surface area contributed by atoms with Gasteiger partial charge < -0.3 is 5.73 Å². The lowest BCUT2D eigenvalue weighted by molar-refractivity contribution is -0.114. The first-order chi connectivity index (χ1) is 5.14. The van der Waals surface area contributed by atoms with Crippen LogP contribution >= 0.6 is 0 Å². The summed E-state index contributed by atoms with van der Waals surface area (Å²) in [5.74, 6) is -0.435. The van der Waals surface area contributed by atoms with Crippen LogP contribution in [0.2, 0.25) is 0 Å². The number of carbonyl (C=O) groups is 1. The highest BCUT2D eigenvalue weighted by Gasteiger charge is 1.86. The number of primary amides is 1. The monoisotopic (exact) mass is 155 g/mol. The summed E-state index contributed by atoms with van der Waals surface area (Å²) in [6.45, 7) is 4.85. The van der Waals surface area contributed by atoms with Gasteiger partial charge in [0.1, 0.15) is 6.33 Å². The van der Waals surface area contributed by atoms with Crippen LogP contribution in [0.4, 0.5) is 0 Å². The van der Waals surface area contributed by atoms with E-state index in [2.05, 4.69) is 27.2 Å². The summed E-state index contributed by atoms with van der Waals surface area (Å²) in [5, 5.41) is 12.1. The Bertz CT molecular complexity index is 188. The van der Waals surface area contributed by atoms with Crippen LogP contribution in [0.3, 0.4) is 0 Å². The van der Waals surface area contributed by atoms with Gasteiger partial charge in [0.2, 0.25) is 5.91 Å².